The molecule has 29 heavy (non-hydrogen) atoms. The third kappa shape index (κ3) is 5.62. The second-order valence-electron chi connectivity index (χ2n) is 6.49. The number of carbonyl (C=O) groups excluding carboxylic acids is 1. The number of nitrogens with zero attached hydrogens (tertiary/aromatic N) is 4. The quantitative estimate of drug-likeness (QED) is 0.537. The van der Waals surface area contributed by atoms with Gasteiger partial charge in [0, 0.05) is 25.2 Å². The zero-order valence-corrected chi connectivity index (χ0v) is 17.4. The monoisotopic (exact) mass is 446 g/mol. The van der Waals surface area contributed by atoms with Crippen molar-refractivity contribution in [1.29, 1.82) is 0 Å². The average Bonchev–Trinajstić information content (AvgIpc) is 3.48. The molecule has 0 bridgehead atoms. The third-order valence-corrected chi connectivity index (χ3v) is 4.77. The van der Waals surface area contributed by atoms with Gasteiger partial charge in [0.1, 0.15) is 10.8 Å². The molecule has 5 rings (SSSR count). The Kier molecular flexibility index (Phi) is 8.16. The van der Waals surface area contributed by atoms with Crippen LogP contribution in [0.1, 0.15) is 21.7 Å². The van der Waals surface area contributed by atoms with Gasteiger partial charge in [-0.15, -0.1) is 0 Å². The molecule has 7 heteroatoms. The molecule has 0 spiro atoms. The molecule has 1 amide bonds. The summed E-state index contributed by atoms with van der Waals surface area (Å²) in [6.45, 7) is 1.86. The maximum Gasteiger partial charge on any atom is 2.00 e. The molecule has 0 atom stereocenters. The minimum absolute atomic E-state index is 0. The van der Waals surface area contributed by atoms with Crippen LogP contribution in [0.25, 0.3) is 0 Å². The Morgan fingerprint density at radius 1 is 0.966 bits per heavy atom. The van der Waals surface area contributed by atoms with Crippen LogP contribution in [0.15, 0.2) is 24.4 Å². The molecule has 2 saturated carbocycles. The Morgan fingerprint density at radius 3 is 2.28 bits per heavy atom. The molecule has 1 aliphatic heterocycles. The van der Waals surface area contributed by atoms with Gasteiger partial charge in [0.2, 0.25) is 0 Å². The summed E-state index contributed by atoms with van der Waals surface area (Å²) in [6.07, 6.45) is 19.6. The predicted molar refractivity (Wildman–Crippen MR) is 107 cm³/mol. The van der Waals surface area contributed by atoms with Gasteiger partial charge in [0.15, 0.2) is 0 Å². The van der Waals surface area contributed by atoms with Crippen molar-refractivity contribution in [2.75, 3.05) is 6.54 Å². The number of aromatic nitrogens is 3. The Morgan fingerprint density at radius 2 is 1.66 bits per heavy atom. The summed E-state index contributed by atoms with van der Waals surface area (Å²) in [7, 11) is 0. The number of fused-ring (bicyclic) bond motifs is 1. The summed E-state index contributed by atoms with van der Waals surface area (Å²) in [5, 5.41) is 4.99. The van der Waals surface area contributed by atoms with Crippen molar-refractivity contribution in [3.63, 3.8) is 0 Å². The van der Waals surface area contributed by atoms with E-state index < -0.39 is 0 Å². The standard InChI is InChI=1S/C17H14ClN4O.C5H5.Fe/c18-16-6-5-12(10-19-16)11-21-7-8-22-15(17(21)23)9-14(20-22)13-3-1-2-4-13;1-2-4-5-3-1;/h1-6,9-10H,7-8,11H2;1-5H;/q;;+2. The van der Waals surface area contributed by atoms with Crippen LogP contribution in [0.3, 0.4) is 0 Å². The molecule has 3 aliphatic rings. The van der Waals surface area contributed by atoms with Crippen molar-refractivity contribution in [2.24, 2.45) is 0 Å². The molecule has 5 nitrogen and oxygen atoms in total. The summed E-state index contributed by atoms with van der Waals surface area (Å²) >= 11 is 5.80. The van der Waals surface area contributed by atoms with Crippen LogP contribution in [0.4, 0.5) is 0 Å². The van der Waals surface area contributed by atoms with Crippen LogP contribution in [0, 0.1) is 63.7 Å². The Hall–Kier alpha value is -1.36. The Bertz CT molecular complexity index is 790. The van der Waals surface area contributed by atoms with Gasteiger partial charge in [-0.1, -0.05) is 17.7 Å². The first kappa shape index (κ1) is 22.3. The van der Waals surface area contributed by atoms with E-state index in [1.165, 1.54) is 0 Å². The van der Waals surface area contributed by atoms with Crippen LogP contribution >= 0.6 is 11.6 Å². The van der Waals surface area contributed by atoms with Gasteiger partial charge >= 0.3 is 17.1 Å². The van der Waals surface area contributed by atoms with E-state index >= 15 is 0 Å². The fourth-order valence-electron chi connectivity index (χ4n) is 3.12. The molecule has 0 aromatic carbocycles. The van der Waals surface area contributed by atoms with Crippen molar-refractivity contribution in [3.05, 3.63) is 110 Å². The number of halogens is 1. The second-order valence-corrected chi connectivity index (χ2v) is 6.88. The van der Waals surface area contributed by atoms with E-state index in [-0.39, 0.29) is 23.0 Å². The predicted octanol–water partition coefficient (Wildman–Crippen LogP) is 3.36. The maximum atomic E-state index is 12.7. The summed E-state index contributed by atoms with van der Waals surface area (Å²) in [5.74, 6) is 1.03. The van der Waals surface area contributed by atoms with Crippen molar-refractivity contribution >= 4 is 17.5 Å². The van der Waals surface area contributed by atoms with Crippen LogP contribution < -0.4 is 0 Å². The molecule has 3 heterocycles. The largest absolute Gasteiger partial charge is 2.00 e. The van der Waals surface area contributed by atoms with Gasteiger partial charge < -0.3 is 4.90 Å². The number of rotatable bonds is 3. The average molecular weight is 447 g/mol. The third-order valence-electron chi connectivity index (χ3n) is 4.54. The first-order valence-electron chi connectivity index (χ1n) is 9.07. The minimum atomic E-state index is -0.00324. The molecule has 2 aromatic heterocycles. The van der Waals surface area contributed by atoms with Crippen LogP contribution in [0.2, 0.25) is 5.15 Å². The molecule has 0 saturated heterocycles. The van der Waals surface area contributed by atoms with Crippen LogP contribution in [-0.4, -0.2) is 32.1 Å². The maximum absolute atomic E-state index is 12.7. The van der Waals surface area contributed by atoms with Crippen molar-refractivity contribution < 1.29 is 21.9 Å². The van der Waals surface area contributed by atoms with Gasteiger partial charge in [-0.05, 0) is 75.5 Å². The van der Waals surface area contributed by atoms with Crippen LogP contribution in [0.5, 0.6) is 0 Å². The fraction of sp³-hybridized carbons (Fsp3) is 0.136. The molecule has 146 valence electrons. The zero-order chi connectivity index (χ0) is 19.3. The molecule has 2 aromatic rings. The first-order valence-corrected chi connectivity index (χ1v) is 9.45. The van der Waals surface area contributed by atoms with Gasteiger partial charge in [-0.3, -0.25) is 9.48 Å². The van der Waals surface area contributed by atoms with Crippen LogP contribution in [-0.2, 0) is 30.2 Å². The molecule has 0 N–H and O–H groups in total. The number of hydrogen-bond acceptors (Lipinski definition) is 3. The van der Waals surface area contributed by atoms with E-state index in [2.05, 4.69) is 10.1 Å². The number of carbonyl (C=O) groups is 1. The van der Waals surface area contributed by atoms with Gasteiger partial charge in [0.05, 0.1) is 12.2 Å². The van der Waals surface area contributed by atoms with E-state index in [1.54, 1.807) is 16.9 Å². The first-order chi connectivity index (χ1) is 13.7. The summed E-state index contributed by atoms with van der Waals surface area (Å²) < 4.78 is 1.79. The minimum Gasteiger partial charge on any atom is -0.331 e. The van der Waals surface area contributed by atoms with Gasteiger partial charge in [-0.2, -0.15) is 5.10 Å². The van der Waals surface area contributed by atoms with Gasteiger partial charge in [0.25, 0.3) is 5.91 Å². The van der Waals surface area contributed by atoms with Crippen molar-refractivity contribution in [2.45, 2.75) is 13.1 Å². The van der Waals surface area contributed by atoms with E-state index in [9.17, 15) is 4.79 Å². The number of amides is 1. The molecule has 0 unspecified atom stereocenters. The fourth-order valence-corrected chi connectivity index (χ4v) is 3.23. The topological polar surface area (TPSA) is 51.0 Å². The number of pyridine rings is 1. The van der Waals surface area contributed by atoms with Gasteiger partial charge in [-0.25, -0.2) is 4.98 Å². The van der Waals surface area contributed by atoms with Crippen molar-refractivity contribution in [1.82, 2.24) is 19.7 Å². The SMILES string of the molecule is O=C1c2cc([C]3[CH][CH][CH][CH]3)nn2CCN1Cc1ccc(Cl)nc1.[CH]1[CH][CH][CH][CH]1.[Fe+2]. The molecule has 2 fully saturated rings. The normalized spacial score (nSPS) is 18.8. The van der Waals surface area contributed by atoms with E-state index in [4.69, 9.17) is 11.6 Å². The van der Waals surface area contributed by atoms with E-state index in [0.29, 0.717) is 30.5 Å². The summed E-state index contributed by atoms with van der Waals surface area (Å²) in [6, 6.07) is 5.50. The zero-order valence-electron chi connectivity index (χ0n) is 15.6. The molecular formula is C22H19ClFeN4O+2. The molecular weight excluding hydrogens is 428 g/mol. The van der Waals surface area contributed by atoms with E-state index in [0.717, 1.165) is 17.2 Å². The summed E-state index contributed by atoms with van der Waals surface area (Å²) in [5.41, 5.74) is 2.44. The Balaban J connectivity index is 0.000000352. The van der Waals surface area contributed by atoms with Crippen molar-refractivity contribution in [3.8, 4) is 0 Å². The molecule has 2 aliphatic carbocycles. The van der Waals surface area contributed by atoms with E-state index in [1.807, 2.05) is 74.8 Å². The second kappa shape index (κ2) is 10.6. The number of hydrogen-bond donors (Lipinski definition) is 0. The summed E-state index contributed by atoms with van der Waals surface area (Å²) in [4.78, 5) is 18.6. The smallest absolute Gasteiger partial charge is 0.331 e. The molecule has 10 radical (unpaired) electrons. The Labute approximate surface area is 188 Å².